The maximum absolute atomic E-state index is 5.44. The van der Waals surface area contributed by atoms with Crippen molar-refractivity contribution in [1.82, 2.24) is 4.98 Å². The summed E-state index contributed by atoms with van der Waals surface area (Å²) in [6, 6.07) is 6.87. The van der Waals surface area contributed by atoms with Crippen LogP contribution in [0.5, 0.6) is 0 Å². The van der Waals surface area contributed by atoms with Crippen LogP contribution in [-0.4, -0.2) is 31.3 Å². The van der Waals surface area contributed by atoms with E-state index in [1.54, 1.807) is 6.20 Å². The minimum atomic E-state index is 0.719. The first-order valence-corrected chi connectivity index (χ1v) is 5.08. The molecule has 2 aliphatic rings. The molecule has 0 spiro atoms. The van der Waals surface area contributed by atoms with E-state index >= 15 is 0 Å². The Hall–Kier alpha value is -1.09. The van der Waals surface area contributed by atoms with Crippen LogP contribution >= 0.6 is 0 Å². The van der Waals surface area contributed by atoms with Crippen LogP contribution in [-0.2, 0) is 4.74 Å². The van der Waals surface area contributed by atoms with Crippen LogP contribution in [0.25, 0.3) is 0 Å². The molecule has 3 nitrogen and oxygen atoms in total. The van der Waals surface area contributed by atoms with Gasteiger partial charge >= 0.3 is 0 Å². The number of ether oxygens (including phenoxy) is 1. The van der Waals surface area contributed by atoms with E-state index in [4.69, 9.17) is 4.74 Å². The van der Waals surface area contributed by atoms with E-state index in [1.165, 1.54) is 0 Å². The lowest BCUT2D eigenvalue weighted by Gasteiger charge is -2.17. The van der Waals surface area contributed by atoms with E-state index in [0.717, 1.165) is 44.0 Å². The summed E-state index contributed by atoms with van der Waals surface area (Å²) in [6.07, 6.45) is 1.81. The number of anilines is 1. The zero-order valence-electron chi connectivity index (χ0n) is 8.02. The summed E-state index contributed by atoms with van der Waals surface area (Å²) in [5, 5.41) is 0. The number of aromatic nitrogens is 1. The summed E-state index contributed by atoms with van der Waals surface area (Å²) in [5.74, 6) is 2.50. The average molecular weight is 189 g/mol. The van der Waals surface area contributed by atoms with Crippen molar-refractivity contribution < 1.29 is 4.74 Å². The highest BCUT2D eigenvalue weighted by Crippen LogP contribution is 2.31. The molecule has 1 aromatic rings. The third-order valence-corrected chi connectivity index (χ3v) is 3.15. The average Bonchev–Trinajstić information content (AvgIpc) is 2.78. The molecule has 1 aromatic heterocycles. The predicted octanol–water partition coefficient (Wildman–Crippen LogP) is 0.964. The number of rotatable bonds is 1. The third kappa shape index (κ3) is 1.28. The van der Waals surface area contributed by atoms with E-state index in [1.807, 2.05) is 12.1 Å². The van der Waals surface area contributed by atoms with Crippen molar-refractivity contribution >= 4 is 5.82 Å². The number of fused-ring (bicyclic) bond motifs is 1. The second-order valence-electron chi connectivity index (χ2n) is 4.08. The van der Waals surface area contributed by atoms with E-state index in [2.05, 4.69) is 16.0 Å². The molecule has 0 N–H and O–H groups in total. The van der Waals surface area contributed by atoms with Crippen molar-refractivity contribution in [2.45, 2.75) is 0 Å². The molecule has 2 saturated heterocycles. The summed E-state index contributed by atoms with van der Waals surface area (Å²) in [6.45, 7) is 4.04. The van der Waals surface area contributed by atoms with Gasteiger partial charge in [-0.3, -0.25) is 0 Å². The second kappa shape index (κ2) is 3.24. The fraction of sp³-hybridized carbons (Fsp3) is 0.545. The standard InChI is InChI=1S/C11H13N2O/c1-2-4-12-11(3-1)13-5-9-7-14-8-10(9)6-13/h2-4,9-10H,5-8H2. The van der Waals surface area contributed by atoms with Gasteiger partial charge < -0.3 is 9.64 Å². The van der Waals surface area contributed by atoms with Gasteiger partial charge in [0.05, 0.1) is 13.2 Å². The van der Waals surface area contributed by atoms with E-state index < -0.39 is 0 Å². The largest absolute Gasteiger partial charge is 0.381 e. The van der Waals surface area contributed by atoms with Crippen LogP contribution in [0.1, 0.15) is 0 Å². The molecule has 2 unspecified atom stereocenters. The van der Waals surface area contributed by atoms with Crippen LogP contribution in [0.15, 0.2) is 18.3 Å². The number of pyridine rings is 1. The lowest BCUT2D eigenvalue weighted by molar-refractivity contribution is 0.177. The number of hydrogen-bond acceptors (Lipinski definition) is 3. The van der Waals surface area contributed by atoms with Crippen molar-refractivity contribution in [2.24, 2.45) is 11.8 Å². The Balaban J connectivity index is 1.77. The predicted molar refractivity (Wildman–Crippen MR) is 53.1 cm³/mol. The maximum atomic E-state index is 5.44. The number of hydrogen-bond donors (Lipinski definition) is 0. The topological polar surface area (TPSA) is 25.4 Å². The Kier molecular flexibility index (Phi) is 1.91. The van der Waals surface area contributed by atoms with Crippen LogP contribution in [0.2, 0.25) is 0 Å². The van der Waals surface area contributed by atoms with Gasteiger partial charge in [-0.1, -0.05) is 0 Å². The van der Waals surface area contributed by atoms with Gasteiger partial charge in [-0.05, 0) is 18.2 Å². The molecule has 0 amide bonds. The van der Waals surface area contributed by atoms with Gasteiger partial charge in [0.1, 0.15) is 5.82 Å². The molecule has 14 heavy (non-hydrogen) atoms. The Morgan fingerprint density at radius 3 is 2.79 bits per heavy atom. The summed E-state index contributed by atoms with van der Waals surface area (Å²) >= 11 is 0. The van der Waals surface area contributed by atoms with Gasteiger partial charge in [0.2, 0.25) is 0 Å². The van der Waals surface area contributed by atoms with E-state index in [9.17, 15) is 0 Å². The number of nitrogens with zero attached hydrogens (tertiary/aromatic N) is 2. The SMILES string of the molecule is [c]1ccnc(N2CC3COCC3C2)c1. The van der Waals surface area contributed by atoms with Crippen molar-refractivity contribution in [3.05, 3.63) is 24.4 Å². The quantitative estimate of drug-likeness (QED) is 0.658. The zero-order chi connectivity index (χ0) is 9.38. The Morgan fingerprint density at radius 1 is 1.36 bits per heavy atom. The van der Waals surface area contributed by atoms with Crippen LogP contribution < -0.4 is 4.90 Å². The molecule has 1 radical (unpaired) electrons. The van der Waals surface area contributed by atoms with E-state index in [0.29, 0.717) is 0 Å². The molecule has 3 heteroatoms. The first kappa shape index (κ1) is 8.24. The molecular weight excluding hydrogens is 176 g/mol. The van der Waals surface area contributed by atoms with Crippen molar-refractivity contribution in [1.29, 1.82) is 0 Å². The summed E-state index contributed by atoms with van der Waals surface area (Å²) < 4.78 is 5.44. The van der Waals surface area contributed by atoms with Gasteiger partial charge in [-0.25, -0.2) is 4.98 Å². The molecule has 73 valence electrons. The first-order chi connectivity index (χ1) is 6.93. The smallest absolute Gasteiger partial charge is 0.129 e. The van der Waals surface area contributed by atoms with Gasteiger partial charge in [-0.15, -0.1) is 0 Å². The highest BCUT2D eigenvalue weighted by atomic mass is 16.5. The molecular formula is C11H13N2O. The molecule has 3 rings (SSSR count). The molecule has 2 aliphatic heterocycles. The van der Waals surface area contributed by atoms with Crippen molar-refractivity contribution in [2.75, 3.05) is 31.2 Å². The van der Waals surface area contributed by atoms with Crippen LogP contribution in [0.4, 0.5) is 5.82 Å². The molecule has 2 fully saturated rings. The summed E-state index contributed by atoms with van der Waals surface area (Å²) in [5.41, 5.74) is 0. The van der Waals surface area contributed by atoms with Crippen molar-refractivity contribution in [3.8, 4) is 0 Å². The fourth-order valence-electron chi connectivity index (χ4n) is 2.36. The van der Waals surface area contributed by atoms with Gasteiger partial charge in [0, 0.05) is 31.1 Å². The molecule has 0 bridgehead atoms. The maximum Gasteiger partial charge on any atom is 0.129 e. The summed E-state index contributed by atoms with van der Waals surface area (Å²) in [7, 11) is 0. The molecule has 0 aliphatic carbocycles. The highest BCUT2D eigenvalue weighted by Gasteiger charge is 2.37. The van der Waals surface area contributed by atoms with Gasteiger partial charge in [0.25, 0.3) is 0 Å². The highest BCUT2D eigenvalue weighted by molar-refractivity contribution is 5.39. The molecule has 0 aromatic carbocycles. The normalized spacial score (nSPS) is 30.7. The first-order valence-electron chi connectivity index (χ1n) is 5.08. The minimum Gasteiger partial charge on any atom is -0.381 e. The Labute approximate surface area is 83.7 Å². The molecule has 2 atom stereocenters. The zero-order valence-corrected chi connectivity index (χ0v) is 8.02. The Bertz CT molecular complexity index is 302. The summed E-state index contributed by atoms with van der Waals surface area (Å²) in [4.78, 5) is 6.68. The Morgan fingerprint density at radius 2 is 2.14 bits per heavy atom. The van der Waals surface area contributed by atoms with Crippen LogP contribution in [0.3, 0.4) is 0 Å². The second-order valence-corrected chi connectivity index (χ2v) is 4.08. The van der Waals surface area contributed by atoms with Gasteiger partial charge in [-0.2, -0.15) is 0 Å². The van der Waals surface area contributed by atoms with Crippen LogP contribution in [0, 0.1) is 17.9 Å². The van der Waals surface area contributed by atoms with Gasteiger partial charge in [0.15, 0.2) is 0 Å². The van der Waals surface area contributed by atoms with Crippen molar-refractivity contribution in [3.63, 3.8) is 0 Å². The minimum absolute atomic E-state index is 0.719. The molecule has 0 saturated carbocycles. The lowest BCUT2D eigenvalue weighted by atomic mass is 10.0. The monoisotopic (exact) mass is 189 g/mol. The third-order valence-electron chi connectivity index (χ3n) is 3.15. The lowest BCUT2D eigenvalue weighted by Crippen LogP contribution is -2.22. The molecule has 3 heterocycles. The van der Waals surface area contributed by atoms with E-state index in [-0.39, 0.29) is 0 Å². The fourth-order valence-corrected chi connectivity index (χ4v) is 2.36.